The topological polar surface area (TPSA) is 86.5 Å². The van der Waals surface area contributed by atoms with Crippen LogP contribution < -0.4 is 15.5 Å². The normalized spacial score (nSPS) is 11.2. The van der Waals surface area contributed by atoms with Gasteiger partial charge in [-0.2, -0.15) is 0 Å². The maximum absolute atomic E-state index is 12.4. The molecule has 0 saturated heterocycles. The highest BCUT2D eigenvalue weighted by Crippen LogP contribution is 2.24. The molecule has 37 heavy (non-hydrogen) atoms. The molecule has 7 nitrogen and oxygen atoms in total. The number of hydrogen-bond donors (Lipinski definition) is 1. The minimum atomic E-state index is -0.104. The zero-order chi connectivity index (χ0) is 25.3. The fourth-order valence-corrected chi connectivity index (χ4v) is 4.01. The Bertz CT molecular complexity index is 1430. The van der Waals surface area contributed by atoms with E-state index in [9.17, 15) is 4.79 Å². The van der Waals surface area contributed by atoms with Crippen molar-refractivity contribution in [2.45, 2.75) is 6.04 Å². The van der Waals surface area contributed by atoms with Crippen LogP contribution in [0.15, 0.2) is 113 Å². The van der Waals surface area contributed by atoms with Crippen molar-refractivity contribution in [1.29, 1.82) is 0 Å². The molecule has 0 bridgehead atoms. The number of para-hydroxylation sites is 1. The number of ether oxygens (including phenoxy) is 2. The van der Waals surface area contributed by atoms with E-state index in [0.29, 0.717) is 43.1 Å². The number of hydrogen-bond acceptors (Lipinski definition) is 7. The van der Waals surface area contributed by atoms with Crippen molar-refractivity contribution in [3.8, 4) is 17.1 Å². The van der Waals surface area contributed by atoms with Crippen molar-refractivity contribution in [2.24, 2.45) is 0 Å². The van der Waals surface area contributed by atoms with Gasteiger partial charge in [0.1, 0.15) is 23.7 Å². The predicted octanol–water partition coefficient (Wildman–Crippen LogP) is 5.02. The van der Waals surface area contributed by atoms with Gasteiger partial charge in [0.15, 0.2) is 5.43 Å². The van der Waals surface area contributed by atoms with E-state index in [1.54, 1.807) is 24.5 Å². The summed E-state index contributed by atoms with van der Waals surface area (Å²) in [6, 6.07) is 27.8. The number of benzene rings is 2. The molecule has 3 heterocycles. The summed E-state index contributed by atoms with van der Waals surface area (Å²) in [6.07, 6.45) is 3.57. The zero-order valence-corrected chi connectivity index (χ0v) is 20.2. The minimum Gasteiger partial charge on any atom is -0.491 e. The van der Waals surface area contributed by atoms with Crippen LogP contribution in [0.1, 0.15) is 17.4 Å². The van der Waals surface area contributed by atoms with Gasteiger partial charge in [-0.25, -0.2) is 0 Å². The highest BCUT2D eigenvalue weighted by Gasteiger charge is 2.15. The van der Waals surface area contributed by atoms with E-state index in [2.05, 4.69) is 15.3 Å². The molecule has 0 fully saturated rings. The van der Waals surface area contributed by atoms with Crippen molar-refractivity contribution in [3.05, 3.63) is 125 Å². The van der Waals surface area contributed by atoms with Crippen LogP contribution in [0, 0.1) is 0 Å². The van der Waals surface area contributed by atoms with Gasteiger partial charge in [-0.15, -0.1) is 0 Å². The summed E-state index contributed by atoms with van der Waals surface area (Å²) in [4.78, 5) is 21.3. The number of nitrogens with one attached hydrogen (secondary N) is 1. The van der Waals surface area contributed by atoms with Gasteiger partial charge >= 0.3 is 0 Å². The van der Waals surface area contributed by atoms with Gasteiger partial charge in [0.05, 0.1) is 36.0 Å². The van der Waals surface area contributed by atoms with Gasteiger partial charge in [0.25, 0.3) is 0 Å². The van der Waals surface area contributed by atoms with Crippen LogP contribution >= 0.6 is 0 Å². The Hall–Kier alpha value is -4.33. The molecule has 0 unspecified atom stereocenters. The Labute approximate surface area is 214 Å². The molecule has 5 rings (SSSR count). The highest BCUT2D eigenvalue weighted by molar-refractivity contribution is 5.78. The van der Waals surface area contributed by atoms with Crippen molar-refractivity contribution >= 4 is 11.0 Å². The van der Waals surface area contributed by atoms with Crippen LogP contribution in [0.3, 0.4) is 0 Å². The highest BCUT2D eigenvalue weighted by atomic mass is 16.5. The summed E-state index contributed by atoms with van der Waals surface area (Å²) >= 11 is 0. The first-order chi connectivity index (χ1) is 18.3. The number of rotatable bonds is 11. The van der Waals surface area contributed by atoms with Gasteiger partial charge in [0, 0.05) is 30.6 Å². The second-order valence-electron chi connectivity index (χ2n) is 8.35. The lowest BCUT2D eigenvalue weighted by molar-refractivity contribution is 0.101. The van der Waals surface area contributed by atoms with E-state index >= 15 is 0 Å². The Balaban J connectivity index is 1.08. The molecular formula is C30H27N3O4. The molecule has 0 saturated carbocycles. The van der Waals surface area contributed by atoms with Crippen molar-refractivity contribution < 1.29 is 13.9 Å². The van der Waals surface area contributed by atoms with E-state index in [1.807, 2.05) is 72.8 Å². The first-order valence-electron chi connectivity index (χ1n) is 12.2. The van der Waals surface area contributed by atoms with Crippen LogP contribution in [0.2, 0.25) is 0 Å². The molecule has 1 N–H and O–H groups in total. The van der Waals surface area contributed by atoms with Crippen molar-refractivity contribution in [2.75, 3.05) is 26.4 Å². The van der Waals surface area contributed by atoms with E-state index in [1.165, 1.54) is 6.07 Å². The predicted molar refractivity (Wildman–Crippen MR) is 143 cm³/mol. The average Bonchev–Trinajstić information content (AvgIpc) is 2.96. The van der Waals surface area contributed by atoms with Gasteiger partial charge in [-0.1, -0.05) is 24.3 Å². The van der Waals surface area contributed by atoms with Gasteiger partial charge < -0.3 is 19.2 Å². The lowest BCUT2D eigenvalue weighted by atomic mass is 10.1. The molecule has 3 aromatic heterocycles. The first kappa shape index (κ1) is 24.4. The van der Waals surface area contributed by atoms with Crippen molar-refractivity contribution in [1.82, 2.24) is 15.3 Å². The lowest BCUT2D eigenvalue weighted by Crippen LogP contribution is -2.28. The van der Waals surface area contributed by atoms with Crippen LogP contribution in [-0.4, -0.2) is 36.3 Å². The molecule has 2 aromatic carbocycles. The average molecular weight is 494 g/mol. The van der Waals surface area contributed by atoms with Crippen LogP contribution in [-0.2, 0) is 4.74 Å². The van der Waals surface area contributed by atoms with Crippen LogP contribution in [0.5, 0.6) is 5.75 Å². The second kappa shape index (κ2) is 12.1. The maximum atomic E-state index is 12.4. The van der Waals surface area contributed by atoms with Gasteiger partial charge in [-0.3, -0.25) is 14.8 Å². The van der Waals surface area contributed by atoms with Crippen LogP contribution in [0.4, 0.5) is 0 Å². The Morgan fingerprint density at radius 1 is 0.784 bits per heavy atom. The Morgan fingerprint density at radius 3 is 2.19 bits per heavy atom. The monoisotopic (exact) mass is 493 g/mol. The SMILES string of the molecule is O=c1cc(-c2ccc(OCCOCCNC(c3ccccn3)c3ccccn3)cc2)oc2ccccc12. The first-order valence-corrected chi connectivity index (χ1v) is 12.2. The lowest BCUT2D eigenvalue weighted by Gasteiger charge is -2.18. The number of nitrogens with zero attached hydrogens (tertiary/aromatic N) is 2. The third-order valence-corrected chi connectivity index (χ3v) is 5.83. The van der Waals surface area contributed by atoms with Crippen molar-refractivity contribution in [3.63, 3.8) is 0 Å². The number of aromatic nitrogens is 2. The fourth-order valence-electron chi connectivity index (χ4n) is 4.01. The maximum Gasteiger partial charge on any atom is 0.193 e. The van der Waals surface area contributed by atoms with Gasteiger partial charge in [-0.05, 0) is 60.7 Å². The van der Waals surface area contributed by atoms with E-state index in [0.717, 1.165) is 22.7 Å². The summed E-state index contributed by atoms with van der Waals surface area (Å²) < 4.78 is 17.4. The smallest absolute Gasteiger partial charge is 0.193 e. The molecule has 0 spiro atoms. The molecule has 0 aliphatic heterocycles. The molecule has 0 aliphatic rings. The van der Waals surface area contributed by atoms with Crippen LogP contribution in [0.25, 0.3) is 22.3 Å². The molecule has 0 atom stereocenters. The van der Waals surface area contributed by atoms with E-state index in [-0.39, 0.29) is 11.5 Å². The standard InChI is InChI=1S/C30H27N3O4/c34-27-21-29(37-28-10-2-1-7-24(27)28)22-11-13-23(14-12-22)36-20-19-35-18-17-33-30(25-8-3-5-15-31-25)26-9-4-6-16-32-26/h1-16,21,30,33H,17-20H2. The number of pyridine rings is 2. The quantitative estimate of drug-likeness (QED) is 0.258. The molecule has 5 aromatic rings. The third kappa shape index (κ3) is 6.27. The Morgan fingerprint density at radius 2 is 1.49 bits per heavy atom. The van der Waals surface area contributed by atoms with E-state index in [4.69, 9.17) is 13.9 Å². The molecule has 0 radical (unpaired) electrons. The molecule has 0 amide bonds. The van der Waals surface area contributed by atoms with E-state index < -0.39 is 0 Å². The third-order valence-electron chi connectivity index (χ3n) is 5.83. The summed E-state index contributed by atoms with van der Waals surface area (Å²) in [6.45, 7) is 2.05. The molecular weight excluding hydrogens is 466 g/mol. The summed E-state index contributed by atoms with van der Waals surface area (Å²) in [5.41, 5.74) is 3.15. The number of fused-ring (bicyclic) bond motifs is 1. The second-order valence-corrected chi connectivity index (χ2v) is 8.35. The minimum absolute atomic E-state index is 0.0600. The molecule has 7 heteroatoms. The van der Waals surface area contributed by atoms with Gasteiger partial charge in [0.2, 0.25) is 0 Å². The molecule has 186 valence electrons. The Kier molecular flexibility index (Phi) is 7.95. The summed E-state index contributed by atoms with van der Waals surface area (Å²) in [7, 11) is 0. The molecule has 0 aliphatic carbocycles. The summed E-state index contributed by atoms with van der Waals surface area (Å²) in [5.74, 6) is 1.25. The fraction of sp³-hybridized carbons (Fsp3) is 0.167. The largest absolute Gasteiger partial charge is 0.491 e. The summed E-state index contributed by atoms with van der Waals surface area (Å²) in [5, 5.41) is 4.05. The zero-order valence-electron chi connectivity index (χ0n) is 20.2.